The van der Waals surface area contributed by atoms with Crippen LogP contribution in [-0.4, -0.2) is 21.9 Å². The molecule has 7 heteroatoms. The van der Waals surface area contributed by atoms with E-state index in [-0.39, 0.29) is 11.7 Å². The molecule has 3 aromatic rings. The standard InChI is InChI=1S/C16H12ClN3O2S/c17-11-3-1-4-12(9-11)18-15(21)10-23-16-7-6-13(19-20-16)14-5-2-8-22-14/h1-9H,10H2,(H,18,21). The van der Waals surface area contributed by atoms with Gasteiger partial charge in [0.05, 0.1) is 12.0 Å². The maximum atomic E-state index is 11.9. The first-order chi connectivity index (χ1) is 11.2. The number of nitrogens with zero attached hydrogens (tertiary/aromatic N) is 2. The molecule has 0 saturated heterocycles. The van der Waals surface area contributed by atoms with Gasteiger partial charge in [-0.3, -0.25) is 4.79 Å². The lowest BCUT2D eigenvalue weighted by atomic mass is 10.3. The van der Waals surface area contributed by atoms with Crippen LogP contribution < -0.4 is 5.32 Å². The molecule has 0 aliphatic carbocycles. The molecule has 23 heavy (non-hydrogen) atoms. The summed E-state index contributed by atoms with van der Waals surface area (Å²) in [4.78, 5) is 11.9. The summed E-state index contributed by atoms with van der Waals surface area (Å²) in [5, 5.41) is 12.2. The number of rotatable bonds is 5. The maximum absolute atomic E-state index is 11.9. The van der Waals surface area contributed by atoms with Gasteiger partial charge in [-0.15, -0.1) is 10.2 Å². The van der Waals surface area contributed by atoms with E-state index in [0.29, 0.717) is 27.2 Å². The molecule has 3 rings (SSSR count). The molecule has 2 aromatic heterocycles. The highest BCUT2D eigenvalue weighted by Gasteiger charge is 2.07. The number of furan rings is 1. The van der Waals surface area contributed by atoms with Crippen LogP contribution in [0.4, 0.5) is 5.69 Å². The molecule has 1 N–H and O–H groups in total. The fourth-order valence-corrected chi connectivity index (χ4v) is 2.66. The molecule has 0 fully saturated rings. The zero-order valence-corrected chi connectivity index (χ0v) is 13.5. The van der Waals surface area contributed by atoms with Gasteiger partial charge in [0.2, 0.25) is 5.91 Å². The topological polar surface area (TPSA) is 68.0 Å². The van der Waals surface area contributed by atoms with Crippen molar-refractivity contribution in [2.24, 2.45) is 0 Å². The summed E-state index contributed by atoms with van der Waals surface area (Å²) >= 11 is 7.18. The van der Waals surface area contributed by atoms with E-state index in [9.17, 15) is 4.79 Å². The number of halogens is 1. The summed E-state index contributed by atoms with van der Waals surface area (Å²) in [5.74, 6) is 0.767. The first-order valence-corrected chi connectivity index (χ1v) is 8.13. The van der Waals surface area contributed by atoms with E-state index in [1.54, 1.807) is 36.6 Å². The van der Waals surface area contributed by atoms with Gasteiger partial charge in [-0.2, -0.15) is 0 Å². The van der Waals surface area contributed by atoms with Crippen molar-refractivity contribution in [1.29, 1.82) is 0 Å². The van der Waals surface area contributed by atoms with Crippen molar-refractivity contribution in [2.45, 2.75) is 5.03 Å². The Morgan fingerprint density at radius 1 is 1.17 bits per heavy atom. The van der Waals surface area contributed by atoms with Gasteiger partial charge in [-0.05, 0) is 42.5 Å². The SMILES string of the molecule is O=C(CSc1ccc(-c2ccco2)nn1)Nc1cccc(Cl)c1. The van der Waals surface area contributed by atoms with Gasteiger partial charge in [-0.1, -0.05) is 29.4 Å². The average molecular weight is 346 g/mol. The molecule has 0 aliphatic rings. The second-order valence-corrected chi connectivity index (χ2v) is 6.01. The van der Waals surface area contributed by atoms with E-state index < -0.39 is 0 Å². The number of carbonyl (C=O) groups is 1. The minimum Gasteiger partial charge on any atom is -0.463 e. The molecular formula is C16H12ClN3O2S. The summed E-state index contributed by atoms with van der Waals surface area (Å²) < 4.78 is 5.25. The molecular weight excluding hydrogens is 334 g/mol. The minimum absolute atomic E-state index is 0.130. The normalized spacial score (nSPS) is 10.5. The molecule has 0 bridgehead atoms. The minimum atomic E-state index is -0.130. The predicted molar refractivity (Wildman–Crippen MR) is 90.5 cm³/mol. The fourth-order valence-electron chi connectivity index (χ4n) is 1.86. The molecule has 0 radical (unpaired) electrons. The van der Waals surface area contributed by atoms with Gasteiger partial charge in [0, 0.05) is 10.7 Å². The maximum Gasteiger partial charge on any atom is 0.234 e. The smallest absolute Gasteiger partial charge is 0.234 e. The first kappa shape index (κ1) is 15.6. The highest BCUT2D eigenvalue weighted by molar-refractivity contribution is 7.99. The molecule has 0 aliphatic heterocycles. The van der Waals surface area contributed by atoms with Crippen molar-refractivity contribution in [1.82, 2.24) is 10.2 Å². The summed E-state index contributed by atoms with van der Waals surface area (Å²) in [6, 6.07) is 14.2. The molecule has 0 saturated carbocycles. The van der Waals surface area contributed by atoms with Crippen LogP contribution in [0.5, 0.6) is 0 Å². The Bertz CT molecular complexity index is 791. The number of thioether (sulfide) groups is 1. The summed E-state index contributed by atoms with van der Waals surface area (Å²) in [6.45, 7) is 0. The lowest BCUT2D eigenvalue weighted by molar-refractivity contribution is -0.113. The van der Waals surface area contributed by atoms with Crippen LogP contribution in [0.25, 0.3) is 11.5 Å². The van der Waals surface area contributed by atoms with Crippen molar-refractivity contribution in [3.05, 3.63) is 59.8 Å². The van der Waals surface area contributed by atoms with Crippen molar-refractivity contribution >= 4 is 35.0 Å². The number of benzene rings is 1. The zero-order valence-electron chi connectivity index (χ0n) is 11.9. The Hall–Kier alpha value is -2.31. The second-order valence-electron chi connectivity index (χ2n) is 4.58. The molecule has 5 nitrogen and oxygen atoms in total. The van der Waals surface area contributed by atoms with E-state index in [1.807, 2.05) is 18.2 Å². The monoisotopic (exact) mass is 345 g/mol. The highest BCUT2D eigenvalue weighted by atomic mass is 35.5. The second kappa shape index (κ2) is 7.30. The highest BCUT2D eigenvalue weighted by Crippen LogP contribution is 2.20. The van der Waals surface area contributed by atoms with Crippen LogP contribution in [0.15, 0.2) is 64.2 Å². The Morgan fingerprint density at radius 3 is 2.78 bits per heavy atom. The van der Waals surface area contributed by atoms with Gasteiger partial charge < -0.3 is 9.73 Å². The van der Waals surface area contributed by atoms with Crippen molar-refractivity contribution in [3.8, 4) is 11.5 Å². The van der Waals surface area contributed by atoms with E-state index >= 15 is 0 Å². The van der Waals surface area contributed by atoms with E-state index in [0.717, 1.165) is 0 Å². The molecule has 2 heterocycles. The lowest BCUT2D eigenvalue weighted by Gasteiger charge is -2.05. The van der Waals surface area contributed by atoms with Gasteiger partial charge in [0.15, 0.2) is 5.76 Å². The summed E-state index contributed by atoms with van der Waals surface area (Å²) in [5.41, 5.74) is 1.32. The Kier molecular flexibility index (Phi) is 4.95. The largest absolute Gasteiger partial charge is 0.463 e. The third-order valence-electron chi connectivity index (χ3n) is 2.87. The first-order valence-electron chi connectivity index (χ1n) is 6.76. The van der Waals surface area contributed by atoms with Gasteiger partial charge >= 0.3 is 0 Å². The Morgan fingerprint density at radius 2 is 2.09 bits per heavy atom. The van der Waals surface area contributed by atoms with Crippen molar-refractivity contribution in [3.63, 3.8) is 0 Å². The molecule has 0 unspecified atom stereocenters. The fraction of sp³-hybridized carbons (Fsp3) is 0.0625. The third-order valence-corrected chi connectivity index (χ3v) is 4.03. The van der Waals surface area contributed by atoms with Gasteiger partial charge in [-0.25, -0.2) is 0 Å². The molecule has 1 aromatic carbocycles. The Balaban J connectivity index is 1.54. The number of carbonyl (C=O) groups excluding carboxylic acids is 1. The number of amides is 1. The van der Waals surface area contributed by atoms with E-state index in [4.69, 9.17) is 16.0 Å². The van der Waals surface area contributed by atoms with Crippen LogP contribution in [0.1, 0.15) is 0 Å². The average Bonchev–Trinajstić information content (AvgIpc) is 3.08. The lowest BCUT2D eigenvalue weighted by Crippen LogP contribution is -2.14. The molecule has 0 atom stereocenters. The van der Waals surface area contributed by atoms with Crippen LogP contribution in [0, 0.1) is 0 Å². The van der Waals surface area contributed by atoms with Crippen molar-refractivity contribution in [2.75, 3.05) is 11.1 Å². The summed E-state index contributed by atoms with van der Waals surface area (Å²) in [7, 11) is 0. The molecule has 0 spiro atoms. The van der Waals surface area contributed by atoms with E-state index in [1.165, 1.54) is 11.8 Å². The number of aromatic nitrogens is 2. The number of anilines is 1. The van der Waals surface area contributed by atoms with Crippen LogP contribution in [0.3, 0.4) is 0 Å². The third kappa shape index (κ3) is 4.34. The number of hydrogen-bond acceptors (Lipinski definition) is 5. The molecule has 116 valence electrons. The quantitative estimate of drug-likeness (QED) is 0.704. The van der Waals surface area contributed by atoms with Crippen LogP contribution in [0.2, 0.25) is 5.02 Å². The zero-order chi connectivity index (χ0) is 16.1. The Labute approximate surface area is 142 Å². The molecule has 1 amide bonds. The van der Waals surface area contributed by atoms with Crippen LogP contribution >= 0.6 is 23.4 Å². The van der Waals surface area contributed by atoms with Gasteiger partial charge in [0.25, 0.3) is 0 Å². The van der Waals surface area contributed by atoms with E-state index in [2.05, 4.69) is 15.5 Å². The number of hydrogen-bond donors (Lipinski definition) is 1. The summed E-state index contributed by atoms with van der Waals surface area (Å²) in [6.07, 6.45) is 1.58. The predicted octanol–water partition coefficient (Wildman–Crippen LogP) is 4.12. The van der Waals surface area contributed by atoms with Crippen molar-refractivity contribution < 1.29 is 9.21 Å². The van der Waals surface area contributed by atoms with Gasteiger partial charge in [0.1, 0.15) is 10.7 Å². The van der Waals surface area contributed by atoms with Crippen LogP contribution in [-0.2, 0) is 4.79 Å². The number of nitrogens with one attached hydrogen (secondary N) is 1.